The first-order chi connectivity index (χ1) is 10.9. The standard InChI is InChI=1S/C20H25S2/c1-3-9-17(10-4-1)15-21-19-13-7-8-14-20(19)22-16-18-11-5-2-6-12-18/h3,5,7-9,11,13,17-18H,1-2,4,6,10,12,15-16H2. The second kappa shape index (κ2) is 8.88. The van der Waals surface area contributed by atoms with E-state index >= 15 is 0 Å². The van der Waals surface area contributed by atoms with Gasteiger partial charge < -0.3 is 0 Å². The largest absolute Gasteiger partial charge is 0.124 e. The Hall–Kier alpha value is -0.600. The number of thioether (sulfide) groups is 2. The molecule has 2 aliphatic rings. The van der Waals surface area contributed by atoms with Crippen LogP contribution in [0.2, 0.25) is 0 Å². The van der Waals surface area contributed by atoms with Gasteiger partial charge >= 0.3 is 0 Å². The molecule has 2 heteroatoms. The second-order valence-corrected chi connectivity index (χ2v) is 8.32. The summed E-state index contributed by atoms with van der Waals surface area (Å²) < 4.78 is 0. The Labute approximate surface area is 143 Å². The van der Waals surface area contributed by atoms with E-state index in [9.17, 15) is 0 Å². The van der Waals surface area contributed by atoms with Crippen molar-refractivity contribution in [3.8, 4) is 0 Å². The van der Waals surface area contributed by atoms with Gasteiger partial charge in [-0.1, -0.05) is 36.4 Å². The highest BCUT2D eigenvalue weighted by Gasteiger charge is 2.13. The second-order valence-electron chi connectivity index (χ2n) is 6.22. The molecule has 0 aliphatic heterocycles. The van der Waals surface area contributed by atoms with Crippen LogP contribution in [0.15, 0.2) is 52.3 Å². The van der Waals surface area contributed by atoms with Gasteiger partial charge in [-0.15, -0.1) is 23.5 Å². The summed E-state index contributed by atoms with van der Waals surface area (Å²) in [6.07, 6.45) is 17.5. The van der Waals surface area contributed by atoms with Crippen molar-refractivity contribution in [3.05, 3.63) is 48.6 Å². The third-order valence-corrected chi connectivity index (χ3v) is 6.98. The zero-order valence-corrected chi connectivity index (χ0v) is 14.8. The lowest BCUT2D eigenvalue weighted by Gasteiger charge is -2.18. The smallest absolute Gasteiger partial charge is 0.0287 e. The number of hydrogen-bond donors (Lipinski definition) is 0. The minimum atomic E-state index is 0.756. The Morgan fingerprint density at radius 3 is 2.27 bits per heavy atom. The molecule has 2 atom stereocenters. The Balaban J connectivity index is 1.54. The van der Waals surface area contributed by atoms with E-state index in [-0.39, 0.29) is 0 Å². The van der Waals surface area contributed by atoms with E-state index in [1.807, 2.05) is 23.5 Å². The van der Waals surface area contributed by atoms with Crippen molar-refractivity contribution in [2.45, 2.75) is 48.3 Å². The van der Waals surface area contributed by atoms with Crippen LogP contribution in [0.1, 0.15) is 38.5 Å². The topological polar surface area (TPSA) is 0 Å². The fraction of sp³-hybridized carbons (Fsp3) is 0.500. The number of allylic oxidation sites excluding steroid dienone is 4. The Morgan fingerprint density at radius 2 is 1.64 bits per heavy atom. The van der Waals surface area contributed by atoms with Crippen molar-refractivity contribution >= 4 is 23.5 Å². The molecule has 0 saturated heterocycles. The lowest BCUT2D eigenvalue weighted by Crippen LogP contribution is -2.04. The van der Waals surface area contributed by atoms with E-state index < -0.39 is 0 Å². The molecule has 1 aromatic rings. The lowest BCUT2D eigenvalue weighted by atomic mass is 9.98. The van der Waals surface area contributed by atoms with Gasteiger partial charge in [0.2, 0.25) is 0 Å². The first-order valence-electron chi connectivity index (χ1n) is 8.51. The summed E-state index contributed by atoms with van der Waals surface area (Å²) in [6, 6.07) is 9.92. The van der Waals surface area contributed by atoms with E-state index in [2.05, 4.69) is 48.6 Å². The molecular formula is C20H25S2. The minimum Gasteiger partial charge on any atom is -0.124 e. The van der Waals surface area contributed by atoms with Crippen molar-refractivity contribution in [1.82, 2.24) is 0 Å². The van der Waals surface area contributed by atoms with Crippen molar-refractivity contribution < 1.29 is 0 Å². The number of hydrogen-bond acceptors (Lipinski definition) is 2. The summed E-state index contributed by atoms with van der Waals surface area (Å²) in [7, 11) is 0. The fourth-order valence-electron chi connectivity index (χ4n) is 3.06. The third kappa shape index (κ3) is 4.96. The predicted octanol–water partition coefficient (Wildman–Crippen LogP) is 6.38. The van der Waals surface area contributed by atoms with Gasteiger partial charge in [0.05, 0.1) is 0 Å². The van der Waals surface area contributed by atoms with Gasteiger partial charge in [0.25, 0.3) is 0 Å². The lowest BCUT2D eigenvalue weighted by molar-refractivity contribution is 0.591. The van der Waals surface area contributed by atoms with Gasteiger partial charge in [0, 0.05) is 21.3 Å². The Kier molecular flexibility index (Phi) is 6.57. The van der Waals surface area contributed by atoms with Gasteiger partial charge in [-0.3, -0.25) is 0 Å². The molecule has 22 heavy (non-hydrogen) atoms. The van der Waals surface area contributed by atoms with Crippen LogP contribution >= 0.6 is 23.5 Å². The monoisotopic (exact) mass is 329 g/mol. The first-order valence-corrected chi connectivity index (χ1v) is 10.5. The van der Waals surface area contributed by atoms with Crippen LogP contribution in [0, 0.1) is 17.9 Å². The summed E-state index contributed by atoms with van der Waals surface area (Å²) in [5, 5.41) is 0. The normalized spacial score (nSPS) is 24.5. The molecule has 1 radical (unpaired) electrons. The van der Waals surface area contributed by atoms with Crippen molar-refractivity contribution in [3.63, 3.8) is 0 Å². The average molecular weight is 330 g/mol. The molecule has 0 bridgehead atoms. The SMILES string of the molecule is [c]1cccc(SCC2C=CCCC2)c1SCC1C=CCCC1. The fourth-order valence-corrected chi connectivity index (χ4v) is 5.47. The molecule has 0 fully saturated rings. The van der Waals surface area contributed by atoms with E-state index in [4.69, 9.17) is 0 Å². The molecule has 0 amide bonds. The molecule has 0 saturated carbocycles. The zero-order valence-electron chi connectivity index (χ0n) is 13.2. The van der Waals surface area contributed by atoms with Crippen LogP contribution in [0.5, 0.6) is 0 Å². The molecule has 0 aromatic heterocycles. The predicted molar refractivity (Wildman–Crippen MR) is 99.7 cm³/mol. The molecular weight excluding hydrogens is 304 g/mol. The van der Waals surface area contributed by atoms with Crippen LogP contribution < -0.4 is 0 Å². The van der Waals surface area contributed by atoms with Gasteiger partial charge in [-0.2, -0.15) is 0 Å². The van der Waals surface area contributed by atoms with Crippen molar-refractivity contribution in [1.29, 1.82) is 0 Å². The van der Waals surface area contributed by atoms with E-state index in [1.165, 1.54) is 59.8 Å². The molecule has 0 spiro atoms. The van der Waals surface area contributed by atoms with Crippen LogP contribution in [0.25, 0.3) is 0 Å². The van der Waals surface area contributed by atoms with Crippen LogP contribution in [-0.2, 0) is 0 Å². The van der Waals surface area contributed by atoms with E-state index in [1.54, 1.807) is 0 Å². The van der Waals surface area contributed by atoms with Gasteiger partial charge in [-0.05, 0) is 62.5 Å². The molecule has 2 aliphatic carbocycles. The highest BCUT2D eigenvalue weighted by molar-refractivity contribution is 8.02. The van der Waals surface area contributed by atoms with Crippen LogP contribution in [-0.4, -0.2) is 11.5 Å². The summed E-state index contributed by atoms with van der Waals surface area (Å²) in [6.45, 7) is 0. The van der Waals surface area contributed by atoms with Gasteiger partial charge in [0.15, 0.2) is 0 Å². The quantitative estimate of drug-likeness (QED) is 0.438. The number of benzene rings is 1. The third-order valence-electron chi connectivity index (χ3n) is 4.38. The molecule has 2 unspecified atom stereocenters. The Bertz CT molecular complexity index is 471. The zero-order chi connectivity index (χ0) is 15.0. The molecule has 117 valence electrons. The summed E-state index contributed by atoms with van der Waals surface area (Å²) in [5.74, 6) is 3.93. The number of rotatable bonds is 6. The highest BCUT2D eigenvalue weighted by atomic mass is 32.2. The van der Waals surface area contributed by atoms with Crippen LogP contribution in [0.3, 0.4) is 0 Å². The molecule has 0 nitrogen and oxygen atoms in total. The summed E-state index contributed by atoms with van der Waals surface area (Å²) in [4.78, 5) is 2.78. The van der Waals surface area contributed by atoms with E-state index in [0.717, 1.165) is 11.8 Å². The highest BCUT2D eigenvalue weighted by Crippen LogP contribution is 2.35. The molecule has 0 heterocycles. The van der Waals surface area contributed by atoms with Crippen molar-refractivity contribution in [2.24, 2.45) is 11.8 Å². The maximum Gasteiger partial charge on any atom is 0.0287 e. The maximum atomic E-state index is 3.46. The molecule has 1 aromatic carbocycles. The molecule has 0 N–H and O–H groups in total. The first kappa shape index (κ1) is 16.3. The van der Waals surface area contributed by atoms with Gasteiger partial charge in [-0.25, -0.2) is 0 Å². The molecule has 3 rings (SSSR count). The summed E-state index contributed by atoms with van der Waals surface area (Å²) >= 11 is 4.01. The van der Waals surface area contributed by atoms with Crippen molar-refractivity contribution in [2.75, 3.05) is 11.5 Å². The van der Waals surface area contributed by atoms with E-state index in [0.29, 0.717) is 0 Å². The maximum absolute atomic E-state index is 3.46. The Morgan fingerprint density at radius 1 is 0.955 bits per heavy atom. The van der Waals surface area contributed by atoms with Gasteiger partial charge in [0.1, 0.15) is 0 Å². The minimum absolute atomic E-state index is 0.756. The summed E-state index contributed by atoms with van der Waals surface area (Å²) in [5.41, 5.74) is 0. The van der Waals surface area contributed by atoms with Crippen LogP contribution in [0.4, 0.5) is 0 Å². The average Bonchev–Trinajstić information content (AvgIpc) is 2.61.